The number of allylic oxidation sites excluding steroid dienone is 11. The van der Waals surface area contributed by atoms with E-state index >= 15 is 0 Å². The second kappa shape index (κ2) is 12.9. The summed E-state index contributed by atoms with van der Waals surface area (Å²) in [5.74, 6) is 0. The molecule has 3 aromatic carbocycles. The summed E-state index contributed by atoms with van der Waals surface area (Å²) >= 11 is 0. The van der Waals surface area contributed by atoms with Gasteiger partial charge in [0.05, 0.1) is 0 Å². The molecule has 0 radical (unpaired) electrons. The van der Waals surface area contributed by atoms with Gasteiger partial charge in [-0.2, -0.15) is 0 Å². The molecular formula is C39H42N2. The molecule has 0 aromatic heterocycles. The van der Waals surface area contributed by atoms with Crippen LogP contribution in [0.15, 0.2) is 144 Å². The third-order valence-corrected chi connectivity index (χ3v) is 8.61. The molecule has 0 heterocycles. The van der Waals surface area contributed by atoms with Gasteiger partial charge in [0.15, 0.2) is 0 Å². The number of fused-ring (bicyclic) bond motifs is 3. The molecule has 0 amide bonds. The smallest absolute Gasteiger partial charge is 0.0385 e. The van der Waals surface area contributed by atoms with Gasteiger partial charge in [-0.25, -0.2) is 0 Å². The number of anilines is 1. The van der Waals surface area contributed by atoms with Crippen LogP contribution in [0.4, 0.5) is 5.69 Å². The Kier molecular flexibility index (Phi) is 8.89. The molecule has 0 bridgehead atoms. The van der Waals surface area contributed by atoms with Crippen LogP contribution < -0.4 is 11.1 Å². The van der Waals surface area contributed by atoms with Crippen molar-refractivity contribution in [2.75, 3.05) is 5.32 Å². The van der Waals surface area contributed by atoms with Crippen LogP contribution in [0.3, 0.4) is 0 Å². The number of nitrogens with two attached hydrogens (primary N) is 1. The Morgan fingerprint density at radius 1 is 0.927 bits per heavy atom. The summed E-state index contributed by atoms with van der Waals surface area (Å²) in [6.07, 6.45) is 22.0. The fraction of sp³-hybridized carbons (Fsp3) is 0.231. The van der Waals surface area contributed by atoms with Crippen LogP contribution in [0.1, 0.15) is 56.7 Å². The summed E-state index contributed by atoms with van der Waals surface area (Å²) in [4.78, 5) is 0. The maximum atomic E-state index is 5.69. The van der Waals surface area contributed by atoms with Gasteiger partial charge in [0.25, 0.3) is 0 Å². The van der Waals surface area contributed by atoms with E-state index in [-0.39, 0.29) is 5.41 Å². The average Bonchev–Trinajstić information content (AvgIpc) is 3.24. The maximum Gasteiger partial charge on any atom is 0.0385 e. The number of benzene rings is 3. The van der Waals surface area contributed by atoms with Crippen molar-refractivity contribution in [2.45, 2.75) is 58.3 Å². The first-order valence-corrected chi connectivity index (χ1v) is 14.9. The van der Waals surface area contributed by atoms with Crippen LogP contribution in [-0.4, -0.2) is 0 Å². The molecule has 2 heteroatoms. The van der Waals surface area contributed by atoms with Crippen molar-refractivity contribution < 1.29 is 0 Å². The van der Waals surface area contributed by atoms with E-state index < -0.39 is 0 Å². The minimum atomic E-state index is -0.123. The normalized spacial score (nSPS) is 19.4. The van der Waals surface area contributed by atoms with Crippen LogP contribution in [0.2, 0.25) is 0 Å². The van der Waals surface area contributed by atoms with E-state index in [0.717, 1.165) is 37.8 Å². The van der Waals surface area contributed by atoms with Crippen molar-refractivity contribution in [2.24, 2.45) is 5.73 Å². The van der Waals surface area contributed by atoms with Gasteiger partial charge >= 0.3 is 0 Å². The van der Waals surface area contributed by atoms with Crippen LogP contribution in [-0.2, 0) is 18.3 Å². The van der Waals surface area contributed by atoms with Crippen LogP contribution >= 0.6 is 0 Å². The van der Waals surface area contributed by atoms with Gasteiger partial charge in [0.1, 0.15) is 0 Å². The molecular weight excluding hydrogens is 496 g/mol. The highest BCUT2D eigenvalue weighted by molar-refractivity contribution is 5.78. The van der Waals surface area contributed by atoms with Crippen molar-refractivity contribution >= 4 is 5.69 Å². The summed E-state index contributed by atoms with van der Waals surface area (Å²) < 4.78 is 0. The Labute approximate surface area is 246 Å². The summed E-state index contributed by atoms with van der Waals surface area (Å²) in [5, 5.41) is 3.77. The summed E-state index contributed by atoms with van der Waals surface area (Å²) in [6.45, 7) is 6.47. The van der Waals surface area contributed by atoms with E-state index in [9.17, 15) is 0 Å². The van der Waals surface area contributed by atoms with Crippen molar-refractivity contribution in [3.05, 3.63) is 161 Å². The third-order valence-electron chi connectivity index (χ3n) is 8.61. The van der Waals surface area contributed by atoms with E-state index in [1.165, 1.54) is 50.2 Å². The fourth-order valence-electron chi connectivity index (χ4n) is 6.49. The number of nitrogens with one attached hydrogen (secondary N) is 1. The van der Waals surface area contributed by atoms with Crippen molar-refractivity contribution in [1.29, 1.82) is 0 Å². The molecule has 2 aliphatic carbocycles. The zero-order valence-electron chi connectivity index (χ0n) is 24.7. The van der Waals surface area contributed by atoms with Gasteiger partial charge < -0.3 is 11.1 Å². The SMILES string of the molecule is C/C=C\C=C(/C)C1(Cc2ccccc2)Cc2cc(NC3=CC=C(C(/C=C\N)=C/C)CCC3)ccc2-c2ccccc21. The van der Waals surface area contributed by atoms with Gasteiger partial charge in [-0.15, -0.1) is 0 Å². The maximum absolute atomic E-state index is 5.69. The topological polar surface area (TPSA) is 38.0 Å². The number of hydrogen-bond donors (Lipinski definition) is 2. The van der Waals surface area contributed by atoms with E-state index in [0.29, 0.717) is 0 Å². The lowest BCUT2D eigenvalue weighted by Gasteiger charge is -2.42. The van der Waals surface area contributed by atoms with Crippen molar-refractivity contribution in [1.82, 2.24) is 0 Å². The van der Waals surface area contributed by atoms with Crippen LogP contribution in [0.25, 0.3) is 11.1 Å². The Bertz CT molecular complexity index is 1560. The minimum absolute atomic E-state index is 0.123. The molecule has 1 atom stereocenters. The Hall–Kier alpha value is -4.30. The molecule has 0 fully saturated rings. The predicted molar refractivity (Wildman–Crippen MR) is 177 cm³/mol. The third kappa shape index (κ3) is 6.07. The minimum Gasteiger partial charge on any atom is -0.405 e. The van der Waals surface area contributed by atoms with Crippen molar-refractivity contribution in [3.63, 3.8) is 0 Å². The second-order valence-electron chi connectivity index (χ2n) is 11.2. The zero-order valence-corrected chi connectivity index (χ0v) is 24.7. The van der Waals surface area contributed by atoms with Crippen LogP contribution in [0, 0.1) is 0 Å². The first-order chi connectivity index (χ1) is 20.1. The molecule has 3 aromatic rings. The zero-order chi connectivity index (χ0) is 28.7. The highest BCUT2D eigenvalue weighted by atomic mass is 14.9. The quantitative estimate of drug-likeness (QED) is 0.280. The lowest BCUT2D eigenvalue weighted by Crippen LogP contribution is -2.36. The van der Waals surface area contributed by atoms with Crippen LogP contribution in [0.5, 0.6) is 0 Å². The molecule has 41 heavy (non-hydrogen) atoms. The van der Waals surface area contributed by atoms with E-state index in [1.807, 2.05) is 6.08 Å². The van der Waals surface area contributed by atoms with Gasteiger partial charge in [-0.05, 0) is 122 Å². The molecule has 0 saturated heterocycles. The largest absolute Gasteiger partial charge is 0.405 e. The lowest BCUT2D eigenvalue weighted by molar-refractivity contribution is 0.490. The molecule has 3 N–H and O–H groups in total. The van der Waals surface area contributed by atoms with Crippen molar-refractivity contribution in [3.8, 4) is 11.1 Å². The monoisotopic (exact) mass is 538 g/mol. The average molecular weight is 539 g/mol. The molecule has 1 unspecified atom stereocenters. The van der Waals surface area contributed by atoms with E-state index in [4.69, 9.17) is 5.73 Å². The second-order valence-corrected chi connectivity index (χ2v) is 11.2. The molecule has 5 rings (SSSR count). The Morgan fingerprint density at radius 3 is 2.51 bits per heavy atom. The van der Waals surface area contributed by atoms with Gasteiger partial charge in [0.2, 0.25) is 0 Å². The Balaban J connectivity index is 1.54. The summed E-state index contributed by atoms with van der Waals surface area (Å²) in [5.41, 5.74) is 18.8. The molecule has 0 saturated carbocycles. The molecule has 208 valence electrons. The van der Waals surface area contributed by atoms with Gasteiger partial charge in [-0.3, -0.25) is 0 Å². The highest BCUT2D eigenvalue weighted by Gasteiger charge is 2.40. The molecule has 2 nitrogen and oxygen atoms in total. The van der Waals surface area contributed by atoms with Gasteiger partial charge in [0, 0.05) is 16.8 Å². The van der Waals surface area contributed by atoms with E-state index in [1.54, 1.807) is 6.20 Å². The first kappa shape index (κ1) is 28.2. The molecule has 0 aliphatic heterocycles. The fourth-order valence-corrected chi connectivity index (χ4v) is 6.49. The summed E-state index contributed by atoms with van der Waals surface area (Å²) in [6, 6.07) is 26.9. The van der Waals surface area contributed by atoms with Gasteiger partial charge in [-0.1, -0.05) is 96.6 Å². The van der Waals surface area contributed by atoms with E-state index in [2.05, 4.69) is 135 Å². The molecule has 2 aliphatic rings. The highest BCUT2D eigenvalue weighted by Crippen LogP contribution is 2.49. The number of hydrogen-bond acceptors (Lipinski definition) is 2. The lowest BCUT2D eigenvalue weighted by atomic mass is 9.61. The first-order valence-electron chi connectivity index (χ1n) is 14.9. The molecule has 0 spiro atoms. The Morgan fingerprint density at radius 2 is 1.73 bits per heavy atom. The summed E-state index contributed by atoms with van der Waals surface area (Å²) in [7, 11) is 0. The standard InChI is InChI=1S/C39H42N2/c1-4-6-13-29(3)39(27-30-14-8-7-9-15-30)28-33-26-35(22-23-36(33)37-18-10-11-19-38(37)39)41-34-17-12-16-32(20-21-34)31(5-2)24-25-40/h4-11,13-15,18-26,41H,12,16-17,27-28,40H2,1-3H3/b6-4-,25-24-,29-13+,31-5+. The predicted octanol–water partition coefficient (Wildman–Crippen LogP) is 9.74. The number of rotatable bonds is 8.